The van der Waals surface area contributed by atoms with Crippen molar-refractivity contribution in [3.05, 3.63) is 65.7 Å². The van der Waals surface area contributed by atoms with Gasteiger partial charge in [-0.2, -0.15) is 5.26 Å². The van der Waals surface area contributed by atoms with Crippen LogP contribution in [-0.4, -0.2) is 26.4 Å². The quantitative estimate of drug-likeness (QED) is 0.467. The van der Waals surface area contributed by atoms with Crippen LogP contribution >= 0.6 is 11.8 Å². The highest BCUT2D eigenvalue weighted by Crippen LogP contribution is 2.26. The van der Waals surface area contributed by atoms with E-state index in [4.69, 9.17) is 10.00 Å². The minimum Gasteiger partial charge on any atom is -0.483 e. The number of thioether (sulfide) groups is 1. The van der Waals surface area contributed by atoms with Gasteiger partial charge in [-0.15, -0.1) is 10.2 Å². The van der Waals surface area contributed by atoms with E-state index >= 15 is 0 Å². The fraction of sp³-hybridized carbons (Fsp3) is 0.304. The Labute approximate surface area is 190 Å². The van der Waals surface area contributed by atoms with E-state index in [9.17, 15) is 9.18 Å². The molecule has 0 saturated carbocycles. The third-order valence-corrected chi connectivity index (χ3v) is 5.38. The molecule has 1 amide bonds. The molecular formula is C23H24FN5O2S. The molecule has 0 aliphatic rings. The highest BCUT2D eigenvalue weighted by molar-refractivity contribution is 7.99. The summed E-state index contributed by atoms with van der Waals surface area (Å²) < 4.78 is 21.0. The number of nitrogens with zero attached hydrogens (tertiary/aromatic N) is 4. The first-order chi connectivity index (χ1) is 15.4. The second-order valence-electron chi connectivity index (χ2n) is 7.59. The average Bonchev–Trinajstić information content (AvgIpc) is 3.16. The summed E-state index contributed by atoms with van der Waals surface area (Å²) >= 11 is 1.29. The monoisotopic (exact) mass is 453 g/mol. The lowest BCUT2D eigenvalue weighted by atomic mass is 10.2. The summed E-state index contributed by atoms with van der Waals surface area (Å²) in [6, 6.07) is 14.5. The van der Waals surface area contributed by atoms with Gasteiger partial charge in [-0.25, -0.2) is 4.39 Å². The van der Waals surface area contributed by atoms with Gasteiger partial charge < -0.3 is 14.6 Å². The first-order valence-corrected chi connectivity index (χ1v) is 11.1. The maximum absolute atomic E-state index is 13.1. The number of rotatable bonds is 9. The fourth-order valence-corrected chi connectivity index (χ4v) is 3.72. The Balaban J connectivity index is 1.67. The molecule has 1 heterocycles. The highest BCUT2D eigenvalue weighted by atomic mass is 32.2. The van der Waals surface area contributed by atoms with E-state index in [2.05, 4.69) is 29.4 Å². The molecule has 0 fully saturated rings. The molecule has 2 aromatic carbocycles. The zero-order valence-electron chi connectivity index (χ0n) is 18.1. The van der Waals surface area contributed by atoms with Gasteiger partial charge in [0.1, 0.15) is 11.6 Å². The van der Waals surface area contributed by atoms with Crippen LogP contribution in [0.2, 0.25) is 0 Å². The molecule has 3 rings (SSSR count). The van der Waals surface area contributed by atoms with E-state index in [-0.39, 0.29) is 17.5 Å². The molecule has 0 saturated heterocycles. The van der Waals surface area contributed by atoms with E-state index in [1.54, 1.807) is 36.4 Å². The molecule has 1 aromatic heterocycles. The predicted octanol–water partition coefficient (Wildman–Crippen LogP) is 4.82. The van der Waals surface area contributed by atoms with Gasteiger partial charge in [0.25, 0.3) is 0 Å². The molecule has 9 heteroatoms. The van der Waals surface area contributed by atoms with Crippen molar-refractivity contribution in [1.29, 1.82) is 5.26 Å². The van der Waals surface area contributed by atoms with Crippen LogP contribution in [0.3, 0.4) is 0 Å². The Morgan fingerprint density at radius 2 is 1.84 bits per heavy atom. The summed E-state index contributed by atoms with van der Waals surface area (Å²) in [5.74, 6) is 1.15. The summed E-state index contributed by atoms with van der Waals surface area (Å²) in [5, 5.41) is 20.9. The molecule has 7 nitrogen and oxygen atoms in total. The minimum atomic E-state index is -0.409. The third kappa shape index (κ3) is 6.31. The third-order valence-electron chi connectivity index (χ3n) is 4.41. The standard InChI is InChI=1S/C23H24FN5O2S/c1-15(2)13-29-22(16(3)31-20-10-6-18(24)7-11-20)27-28-23(29)32-14-21(30)26-19-8-4-17(12-25)5-9-19/h4-11,15-16H,13-14H2,1-3H3,(H,26,30). The Kier molecular flexibility index (Phi) is 7.84. The van der Waals surface area contributed by atoms with Crippen LogP contribution in [0.15, 0.2) is 53.7 Å². The number of aromatic nitrogens is 3. The van der Waals surface area contributed by atoms with Crippen LogP contribution in [0.25, 0.3) is 0 Å². The van der Waals surface area contributed by atoms with Crippen molar-refractivity contribution in [2.24, 2.45) is 5.92 Å². The van der Waals surface area contributed by atoms with Gasteiger partial charge in [0, 0.05) is 12.2 Å². The molecule has 166 valence electrons. The maximum atomic E-state index is 13.1. The summed E-state index contributed by atoms with van der Waals surface area (Å²) in [7, 11) is 0. The molecule has 1 N–H and O–H groups in total. The van der Waals surface area contributed by atoms with E-state index in [1.165, 1.54) is 23.9 Å². The molecular weight excluding hydrogens is 429 g/mol. The lowest BCUT2D eigenvalue weighted by Crippen LogP contribution is -2.17. The van der Waals surface area contributed by atoms with Crippen molar-refractivity contribution in [2.75, 3.05) is 11.1 Å². The smallest absolute Gasteiger partial charge is 0.234 e. The van der Waals surface area contributed by atoms with Gasteiger partial charge in [-0.1, -0.05) is 25.6 Å². The number of hydrogen-bond acceptors (Lipinski definition) is 6. The molecule has 0 aliphatic carbocycles. The maximum Gasteiger partial charge on any atom is 0.234 e. The molecule has 0 bridgehead atoms. The molecule has 32 heavy (non-hydrogen) atoms. The van der Waals surface area contributed by atoms with Gasteiger partial charge in [-0.3, -0.25) is 4.79 Å². The SMILES string of the molecule is CC(C)Cn1c(SCC(=O)Nc2ccc(C#N)cc2)nnc1C(C)Oc1ccc(F)cc1. The van der Waals surface area contributed by atoms with Crippen LogP contribution in [0.1, 0.15) is 38.3 Å². The van der Waals surface area contributed by atoms with Crippen LogP contribution in [0.5, 0.6) is 5.75 Å². The number of nitrogens with one attached hydrogen (secondary N) is 1. The molecule has 1 atom stereocenters. The average molecular weight is 454 g/mol. The Hall–Kier alpha value is -3.38. The van der Waals surface area contributed by atoms with Crippen LogP contribution in [0.4, 0.5) is 10.1 Å². The van der Waals surface area contributed by atoms with Crippen LogP contribution in [-0.2, 0) is 11.3 Å². The summed E-state index contributed by atoms with van der Waals surface area (Å²) in [4.78, 5) is 12.4. The van der Waals surface area contributed by atoms with Gasteiger partial charge >= 0.3 is 0 Å². The zero-order valence-corrected chi connectivity index (χ0v) is 18.9. The summed E-state index contributed by atoms with van der Waals surface area (Å²) in [6.07, 6.45) is -0.409. The van der Waals surface area contributed by atoms with Gasteiger partial charge in [0.05, 0.1) is 17.4 Å². The number of nitriles is 1. The Morgan fingerprint density at radius 3 is 2.47 bits per heavy atom. The first-order valence-electron chi connectivity index (χ1n) is 10.1. The molecule has 1 unspecified atom stereocenters. The van der Waals surface area contributed by atoms with Gasteiger partial charge in [0.2, 0.25) is 5.91 Å². The summed E-state index contributed by atoms with van der Waals surface area (Å²) in [6.45, 7) is 6.69. The van der Waals surface area contributed by atoms with Crippen molar-refractivity contribution >= 4 is 23.4 Å². The first kappa shape index (κ1) is 23.3. The van der Waals surface area contributed by atoms with Crippen molar-refractivity contribution in [2.45, 2.75) is 38.6 Å². The van der Waals surface area contributed by atoms with Gasteiger partial charge in [-0.05, 0) is 61.4 Å². The van der Waals surface area contributed by atoms with E-state index in [1.807, 2.05) is 17.6 Å². The van der Waals surface area contributed by atoms with E-state index in [0.29, 0.717) is 40.4 Å². The lowest BCUT2D eigenvalue weighted by Gasteiger charge is -2.17. The molecule has 3 aromatic rings. The number of carbonyl (C=O) groups is 1. The number of halogens is 1. The van der Waals surface area contributed by atoms with Crippen molar-refractivity contribution in [3.63, 3.8) is 0 Å². The predicted molar refractivity (Wildman–Crippen MR) is 121 cm³/mol. The minimum absolute atomic E-state index is 0.156. The molecule has 0 spiro atoms. The van der Waals surface area contributed by atoms with Crippen molar-refractivity contribution in [3.8, 4) is 11.8 Å². The number of amides is 1. The normalized spacial score (nSPS) is 11.8. The number of hydrogen-bond donors (Lipinski definition) is 1. The largest absolute Gasteiger partial charge is 0.483 e. The molecule has 0 aliphatic heterocycles. The second kappa shape index (κ2) is 10.8. The zero-order chi connectivity index (χ0) is 23.1. The number of anilines is 1. The van der Waals surface area contributed by atoms with E-state index in [0.717, 1.165) is 0 Å². The van der Waals surface area contributed by atoms with Gasteiger partial charge in [0.15, 0.2) is 17.1 Å². The summed E-state index contributed by atoms with van der Waals surface area (Å²) in [5.41, 5.74) is 1.16. The second-order valence-corrected chi connectivity index (χ2v) is 8.53. The van der Waals surface area contributed by atoms with Crippen LogP contribution in [0, 0.1) is 23.1 Å². The topological polar surface area (TPSA) is 92.8 Å². The van der Waals surface area contributed by atoms with Crippen molar-refractivity contribution < 1.29 is 13.9 Å². The Bertz CT molecular complexity index is 1090. The lowest BCUT2D eigenvalue weighted by molar-refractivity contribution is -0.113. The van der Waals surface area contributed by atoms with E-state index < -0.39 is 6.10 Å². The fourth-order valence-electron chi connectivity index (χ4n) is 2.97. The number of ether oxygens (including phenoxy) is 1. The van der Waals surface area contributed by atoms with Crippen molar-refractivity contribution in [1.82, 2.24) is 14.8 Å². The highest BCUT2D eigenvalue weighted by Gasteiger charge is 2.21. The number of carbonyl (C=O) groups excluding carboxylic acids is 1. The van der Waals surface area contributed by atoms with Crippen LogP contribution < -0.4 is 10.1 Å². The number of benzene rings is 2. The molecule has 0 radical (unpaired) electrons. The Morgan fingerprint density at radius 1 is 1.16 bits per heavy atom.